The molecule has 1 amide bonds. The van der Waals surface area contributed by atoms with E-state index in [1.807, 2.05) is 12.1 Å². The zero-order valence-electron chi connectivity index (χ0n) is 10.1. The maximum Gasteiger partial charge on any atom is 0.252 e. The summed E-state index contributed by atoms with van der Waals surface area (Å²) >= 11 is 7.28. The smallest absolute Gasteiger partial charge is 0.252 e. The highest BCUT2D eigenvalue weighted by Crippen LogP contribution is 2.22. The molecule has 0 aliphatic carbocycles. The summed E-state index contributed by atoms with van der Waals surface area (Å²) in [4.78, 5) is 18.3. The van der Waals surface area contributed by atoms with E-state index in [1.165, 1.54) is 22.3 Å². The number of thiophene rings is 1. The van der Waals surface area contributed by atoms with Crippen molar-refractivity contribution in [3.63, 3.8) is 0 Å². The number of carbonyl (C=O) groups excluding carboxylic acids is 1. The summed E-state index contributed by atoms with van der Waals surface area (Å²) in [5, 5.41) is 12.4. The second-order valence-electron chi connectivity index (χ2n) is 3.83. The van der Waals surface area contributed by atoms with Crippen molar-refractivity contribution in [1.29, 1.82) is 5.26 Å². The van der Waals surface area contributed by atoms with Gasteiger partial charge in [0, 0.05) is 11.9 Å². The van der Waals surface area contributed by atoms with Gasteiger partial charge in [-0.15, -0.1) is 16.4 Å². The molecule has 6 nitrogen and oxygen atoms in total. The van der Waals surface area contributed by atoms with Crippen LogP contribution in [-0.2, 0) is 17.9 Å². The number of nitriles is 1. The van der Waals surface area contributed by atoms with E-state index in [4.69, 9.17) is 16.9 Å². The summed E-state index contributed by atoms with van der Waals surface area (Å²) in [7, 11) is 1.71. The molecule has 19 heavy (non-hydrogen) atoms. The highest BCUT2D eigenvalue weighted by atomic mass is 35.5. The molecule has 2 heterocycles. The fourth-order valence-corrected chi connectivity index (χ4v) is 2.58. The minimum absolute atomic E-state index is 0.0560. The average molecular weight is 296 g/mol. The van der Waals surface area contributed by atoms with Gasteiger partial charge >= 0.3 is 0 Å². The molecule has 0 saturated carbocycles. The van der Waals surface area contributed by atoms with E-state index in [-0.39, 0.29) is 18.3 Å². The molecule has 0 radical (unpaired) electrons. The molecule has 0 unspecified atom stereocenters. The van der Waals surface area contributed by atoms with Crippen LogP contribution in [0.25, 0.3) is 0 Å². The van der Waals surface area contributed by atoms with Gasteiger partial charge in [-0.05, 0) is 12.1 Å². The van der Waals surface area contributed by atoms with E-state index in [0.717, 1.165) is 4.88 Å². The molecule has 0 saturated heterocycles. The molecule has 2 rings (SSSR count). The molecule has 0 aliphatic heterocycles. The fourth-order valence-electron chi connectivity index (χ4n) is 1.44. The van der Waals surface area contributed by atoms with Crippen molar-refractivity contribution < 1.29 is 4.79 Å². The van der Waals surface area contributed by atoms with Crippen LogP contribution in [0, 0.1) is 11.3 Å². The minimum Gasteiger partial charge on any atom is -0.339 e. The van der Waals surface area contributed by atoms with Gasteiger partial charge in [0.25, 0.3) is 5.82 Å². The topological polar surface area (TPSA) is 74.8 Å². The number of carbonyl (C=O) groups is 1. The van der Waals surface area contributed by atoms with Crippen molar-refractivity contribution in [1.82, 2.24) is 19.7 Å². The van der Waals surface area contributed by atoms with Crippen LogP contribution in [0.2, 0.25) is 4.34 Å². The van der Waals surface area contributed by atoms with E-state index in [0.29, 0.717) is 10.9 Å². The number of aromatic nitrogens is 3. The predicted octanol–water partition coefficient (Wildman–Crippen LogP) is 1.52. The Morgan fingerprint density at radius 2 is 2.42 bits per heavy atom. The van der Waals surface area contributed by atoms with E-state index in [9.17, 15) is 4.79 Å². The summed E-state index contributed by atoms with van der Waals surface area (Å²) in [6, 6.07) is 5.50. The number of amides is 1. The predicted molar refractivity (Wildman–Crippen MR) is 70.5 cm³/mol. The summed E-state index contributed by atoms with van der Waals surface area (Å²) < 4.78 is 2.05. The van der Waals surface area contributed by atoms with Crippen LogP contribution in [0.1, 0.15) is 10.7 Å². The molecule has 0 fully saturated rings. The van der Waals surface area contributed by atoms with Crippen LogP contribution < -0.4 is 0 Å². The Hall–Kier alpha value is -1.91. The maximum atomic E-state index is 11.9. The summed E-state index contributed by atoms with van der Waals surface area (Å²) in [6.45, 7) is 0.556. The second-order valence-corrected chi connectivity index (χ2v) is 5.63. The van der Waals surface area contributed by atoms with Gasteiger partial charge in [0.1, 0.15) is 18.9 Å². The van der Waals surface area contributed by atoms with Crippen LogP contribution in [0.4, 0.5) is 0 Å². The number of likely N-dealkylation sites (N-methyl/N-ethyl adjacent to an activating group) is 1. The van der Waals surface area contributed by atoms with Gasteiger partial charge in [0.05, 0.1) is 10.9 Å². The summed E-state index contributed by atoms with van der Waals surface area (Å²) in [5.41, 5.74) is 0. The summed E-state index contributed by atoms with van der Waals surface area (Å²) in [6.07, 6.45) is 1.37. The lowest BCUT2D eigenvalue weighted by atomic mass is 10.4. The van der Waals surface area contributed by atoms with E-state index < -0.39 is 0 Å². The minimum atomic E-state index is -0.112. The summed E-state index contributed by atoms with van der Waals surface area (Å²) in [5.74, 6) is -0.0561. The van der Waals surface area contributed by atoms with Crippen LogP contribution in [-0.4, -0.2) is 32.6 Å². The van der Waals surface area contributed by atoms with Crippen LogP contribution in [0.3, 0.4) is 0 Å². The molecule has 0 aliphatic rings. The van der Waals surface area contributed by atoms with Gasteiger partial charge in [-0.25, -0.2) is 9.67 Å². The zero-order valence-corrected chi connectivity index (χ0v) is 11.6. The molecule has 0 spiro atoms. The van der Waals surface area contributed by atoms with Crippen LogP contribution in [0.5, 0.6) is 0 Å². The van der Waals surface area contributed by atoms with Crippen molar-refractivity contribution in [2.45, 2.75) is 13.1 Å². The fraction of sp³-hybridized carbons (Fsp3) is 0.273. The Morgan fingerprint density at radius 1 is 1.63 bits per heavy atom. The Labute approximate surface area is 118 Å². The first-order valence-electron chi connectivity index (χ1n) is 5.36. The number of halogens is 1. The third-order valence-electron chi connectivity index (χ3n) is 2.38. The van der Waals surface area contributed by atoms with Crippen molar-refractivity contribution in [2.75, 3.05) is 7.05 Å². The van der Waals surface area contributed by atoms with Crippen molar-refractivity contribution in [3.8, 4) is 6.07 Å². The molecule has 0 bridgehead atoms. The Kier molecular flexibility index (Phi) is 4.14. The normalized spacial score (nSPS) is 10.2. The van der Waals surface area contributed by atoms with Crippen molar-refractivity contribution in [3.05, 3.63) is 33.5 Å². The number of rotatable bonds is 4. The molecule has 0 N–H and O–H groups in total. The van der Waals surface area contributed by atoms with Gasteiger partial charge in [-0.1, -0.05) is 11.6 Å². The van der Waals surface area contributed by atoms with E-state index in [2.05, 4.69) is 10.1 Å². The monoisotopic (exact) mass is 295 g/mol. The first-order chi connectivity index (χ1) is 9.08. The highest BCUT2D eigenvalue weighted by molar-refractivity contribution is 7.16. The Balaban J connectivity index is 1.94. The van der Waals surface area contributed by atoms with Gasteiger partial charge in [0.2, 0.25) is 5.91 Å². The molecular formula is C11H10ClN5OS. The van der Waals surface area contributed by atoms with Crippen molar-refractivity contribution in [2.24, 2.45) is 0 Å². The van der Waals surface area contributed by atoms with Gasteiger partial charge < -0.3 is 4.90 Å². The van der Waals surface area contributed by atoms with Crippen LogP contribution >= 0.6 is 22.9 Å². The number of hydrogen-bond donors (Lipinski definition) is 0. The standard InChI is InChI=1S/C11H10ClN5OS/c1-16(5-8-2-3-9(12)19-8)11(18)6-17-7-14-10(4-13)15-17/h2-3,7H,5-6H2,1H3. The molecule has 2 aromatic rings. The number of nitrogens with zero attached hydrogens (tertiary/aromatic N) is 5. The van der Waals surface area contributed by atoms with Gasteiger partial charge in [-0.2, -0.15) is 5.26 Å². The molecule has 98 valence electrons. The Bertz CT molecular complexity index is 629. The second kappa shape index (κ2) is 5.82. The molecule has 2 aromatic heterocycles. The molecular weight excluding hydrogens is 286 g/mol. The van der Waals surface area contributed by atoms with E-state index in [1.54, 1.807) is 18.0 Å². The lowest BCUT2D eigenvalue weighted by Crippen LogP contribution is -2.29. The van der Waals surface area contributed by atoms with E-state index >= 15 is 0 Å². The average Bonchev–Trinajstić information content (AvgIpc) is 2.98. The third kappa shape index (κ3) is 3.53. The van der Waals surface area contributed by atoms with Crippen LogP contribution in [0.15, 0.2) is 18.5 Å². The highest BCUT2D eigenvalue weighted by Gasteiger charge is 2.12. The maximum absolute atomic E-state index is 11.9. The largest absolute Gasteiger partial charge is 0.339 e. The van der Waals surface area contributed by atoms with Crippen molar-refractivity contribution >= 4 is 28.8 Å². The third-order valence-corrected chi connectivity index (χ3v) is 3.60. The Morgan fingerprint density at radius 3 is 3.00 bits per heavy atom. The SMILES string of the molecule is CN(Cc1ccc(Cl)s1)C(=O)Cn1cnc(C#N)n1. The molecule has 0 aromatic carbocycles. The zero-order chi connectivity index (χ0) is 13.8. The lowest BCUT2D eigenvalue weighted by molar-refractivity contribution is -0.131. The lowest BCUT2D eigenvalue weighted by Gasteiger charge is -2.15. The number of hydrogen-bond acceptors (Lipinski definition) is 5. The van der Waals surface area contributed by atoms with Gasteiger partial charge in [-0.3, -0.25) is 4.79 Å². The van der Waals surface area contributed by atoms with Gasteiger partial charge in [0.15, 0.2) is 0 Å². The first kappa shape index (κ1) is 13.5. The first-order valence-corrected chi connectivity index (χ1v) is 6.55. The molecule has 0 atom stereocenters. The quantitative estimate of drug-likeness (QED) is 0.857. The molecule has 8 heteroatoms.